The monoisotopic (exact) mass is 269 g/mol. The fourth-order valence-corrected chi connectivity index (χ4v) is 2.44. The molecule has 2 aromatic carbocycles. The zero-order valence-electron chi connectivity index (χ0n) is 12.5. The van der Waals surface area contributed by atoms with Crippen molar-refractivity contribution in [2.45, 2.75) is 39.7 Å². The van der Waals surface area contributed by atoms with Crippen molar-refractivity contribution < 1.29 is 5.11 Å². The first kappa shape index (κ1) is 14.4. The molecule has 0 amide bonds. The summed E-state index contributed by atoms with van der Waals surface area (Å²) in [6.07, 6.45) is 2.21. The van der Waals surface area contributed by atoms with Crippen LogP contribution in [0.2, 0.25) is 0 Å². The Labute approximate surface area is 121 Å². The van der Waals surface area contributed by atoms with Gasteiger partial charge in [0.15, 0.2) is 0 Å². The van der Waals surface area contributed by atoms with Gasteiger partial charge in [0, 0.05) is 5.69 Å². The van der Waals surface area contributed by atoms with E-state index in [1.54, 1.807) is 0 Å². The second-order valence-corrected chi connectivity index (χ2v) is 5.35. The van der Waals surface area contributed by atoms with Gasteiger partial charge < -0.3 is 10.4 Å². The van der Waals surface area contributed by atoms with Crippen molar-refractivity contribution in [3.63, 3.8) is 0 Å². The van der Waals surface area contributed by atoms with E-state index in [0.717, 1.165) is 29.7 Å². The number of rotatable bonds is 5. The van der Waals surface area contributed by atoms with Crippen molar-refractivity contribution in [3.8, 4) is 5.75 Å². The van der Waals surface area contributed by atoms with Crippen molar-refractivity contribution in [2.75, 3.05) is 5.32 Å². The van der Waals surface area contributed by atoms with Crippen LogP contribution in [-0.4, -0.2) is 5.11 Å². The van der Waals surface area contributed by atoms with E-state index in [9.17, 15) is 5.11 Å². The molecule has 20 heavy (non-hydrogen) atoms. The summed E-state index contributed by atoms with van der Waals surface area (Å²) < 4.78 is 0. The van der Waals surface area contributed by atoms with E-state index in [1.165, 1.54) is 5.56 Å². The number of aryl methyl sites for hydroxylation is 2. The highest BCUT2D eigenvalue weighted by Crippen LogP contribution is 2.29. The van der Waals surface area contributed by atoms with Crippen LogP contribution < -0.4 is 5.32 Å². The van der Waals surface area contributed by atoms with Crippen LogP contribution in [0.1, 0.15) is 42.5 Å². The Morgan fingerprint density at radius 1 is 1.05 bits per heavy atom. The molecule has 2 aromatic rings. The minimum Gasteiger partial charge on any atom is -0.508 e. The van der Waals surface area contributed by atoms with Crippen LogP contribution in [0.25, 0.3) is 0 Å². The second-order valence-electron chi connectivity index (χ2n) is 5.35. The fourth-order valence-electron chi connectivity index (χ4n) is 2.44. The van der Waals surface area contributed by atoms with Gasteiger partial charge in [-0.15, -0.1) is 0 Å². The van der Waals surface area contributed by atoms with E-state index in [-0.39, 0.29) is 0 Å². The molecule has 106 valence electrons. The number of hydrogen-bond acceptors (Lipinski definition) is 2. The first-order valence-electron chi connectivity index (χ1n) is 7.23. The molecule has 2 rings (SSSR count). The van der Waals surface area contributed by atoms with Crippen LogP contribution in [0.3, 0.4) is 0 Å². The predicted octanol–water partition coefficient (Wildman–Crippen LogP) is 4.96. The standard InChI is InChI=1S/C18H23NO/c1-4-8-16(15-9-6-5-7-10-15)19-17-11-14(3)18(20)12-13(17)2/h5-7,9-12,16,19-20H,4,8H2,1-3H3. The minimum absolute atomic E-state index is 0.309. The molecule has 0 spiro atoms. The van der Waals surface area contributed by atoms with E-state index in [2.05, 4.69) is 36.5 Å². The largest absolute Gasteiger partial charge is 0.508 e. The van der Waals surface area contributed by atoms with Crippen LogP contribution >= 0.6 is 0 Å². The highest BCUT2D eigenvalue weighted by atomic mass is 16.3. The van der Waals surface area contributed by atoms with Crippen LogP contribution in [-0.2, 0) is 0 Å². The van der Waals surface area contributed by atoms with Crippen LogP contribution in [0.15, 0.2) is 42.5 Å². The molecule has 0 saturated heterocycles. The van der Waals surface area contributed by atoms with Gasteiger partial charge in [-0.25, -0.2) is 0 Å². The number of benzene rings is 2. The maximum absolute atomic E-state index is 9.75. The van der Waals surface area contributed by atoms with Gasteiger partial charge in [0.2, 0.25) is 0 Å². The molecule has 2 nitrogen and oxygen atoms in total. The number of nitrogens with one attached hydrogen (secondary N) is 1. The Hall–Kier alpha value is -1.96. The van der Waals surface area contributed by atoms with Crippen molar-refractivity contribution >= 4 is 5.69 Å². The molecule has 0 bridgehead atoms. The summed E-state index contributed by atoms with van der Waals surface area (Å²) in [4.78, 5) is 0. The van der Waals surface area contributed by atoms with Gasteiger partial charge in [0.05, 0.1) is 6.04 Å². The van der Waals surface area contributed by atoms with Gasteiger partial charge in [-0.2, -0.15) is 0 Å². The molecule has 0 fully saturated rings. The number of phenols is 1. The lowest BCUT2D eigenvalue weighted by atomic mass is 10.0. The number of phenolic OH excluding ortho intramolecular Hbond substituents is 1. The zero-order chi connectivity index (χ0) is 14.5. The van der Waals surface area contributed by atoms with Crippen LogP contribution in [0.4, 0.5) is 5.69 Å². The molecule has 2 heteroatoms. The Kier molecular flexibility index (Phi) is 4.67. The summed E-state index contributed by atoms with van der Waals surface area (Å²) >= 11 is 0. The van der Waals surface area contributed by atoms with Gasteiger partial charge >= 0.3 is 0 Å². The molecular formula is C18H23NO. The lowest BCUT2D eigenvalue weighted by Crippen LogP contribution is -2.11. The molecular weight excluding hydrogens is 246 g/mol. The predicted molar refractivity (Wildman–Crippen MR) is 85.3 cm³/mol. The van der Waals surface area contributed by atoms with Gasteiger partial charge in [0.1, 0.15) is 5.75 Å². The normalized spacial score (nSPS) is 12.2. The molecule has 0 aromatic heterocycles. The Morgan fingerprint density at radius 3 is 2.40 bits per heavy atom. The molecule has 0 saturated carbocycles. The summed E-state index contributed by atoms with van der Waals surface area (Å²) in [5, 5.41) is 13.4. The number of hydrogen-bond donors (Lipinski definition) is 2. The van der Waals surface area contributed by atoms with Crippen molar-refractivity contribution in [3.05, 3.63) is 59.2 Å². The summed E-state index contributed by atoms with van der Waals surface area (Å²) in [6.45, 7) is 6.15. The maximum Gasteiger partial charge on any atom is 0.118 e. The Morgan fingerprint density at radius 2 is 1.75 bits per heavy atom. The topological polar surface area (TPSA) is 32.3 Å². The minimum atomic E-state index is 0.309. The third-order valence-electron chi connectivity index (χ3n) is 3.65. The SMILES string of the molecule is CCCC(Nc1cc(C)c(O)cc1C)c1ccccc1. The smallest absolute Gasteiger partial charge is 0.118 e. The Bertz CT molecular complexity index is 563. The average molecular weight is 269 g/mol. The summed E-state index contributed by atoms with van der Waals surface area (Å²) in [5.74, 6) is 0.361. The first-order chi connectivity index (χ1) is 9.61. The van der Waals surface area contributed by atoms with Crippen LogP contribution in [0, 0.1) is 13.8 Å². The lowest BCUT2D eigenvalue weighted by Gasteiger charge is -2.22. The third kappa shape index (κ3) is 3.32. The molecule has 0 radical (unpaired) electrons. The van der Waals surface area contributed by atoms with E-state index < -0.39 is 0 Å². The van der Waals surface area contributed by atoms with E-state index >= 15 is 0 Å². The van der Waals surface area contributed by atoms with E-state index in [1.807, 2.05) is 32.0 Å². The molecule has 1 unspecified atom stereocenters. The second kappa shape index (κ2) is 6.47. The van der Waals surface area contributed by atoms with Gasteiger partial charge in [0.25, 0.3) is 0 Å². The average Bonchev–Trinajstić information content (AvgIpc) is 2.45. The quantitative estimate of drug-likeness (QED) is 0.752. The lowest BCUT2D eigenvalue weighted by molar-refractivity contribution is 0.470. The van der Waals surface area contributed by atoms with E-state index in [0.29, 0.717) is 11.8 Å². The summed E-state index contributed by atoms with van der Waals surface area (Å²) in [7, 11) is 0. The van der Waals surface area contributed by atoms with Gasteiger partial charge in [-0.3, -0.25) is 0 Å². The highest BCUT2D eigenvalue weighted by Gasteiger charge is 2.12. The highest BCUT2D eigenvalue weighted by molar-refractivity contribution is 5.57. The molecule has 1 atom stereocenters. The summed E-state index contributed by atoms with van der Waals surface area (Å²) in [6, 6.07) is 14.7. The fraction of sp³-hybridized carbons (Fsp3) is 0.333. The molecule has 0 aliphatic heterocycles. The zero-order valence-corrected chi connectivity index (χ0v) is 12.5. The number of aromatic hydroxyl groups is 1. The first-order valence-corrected chi connectivity index (χ1v) is 7.23. The molecule has 0 aliphatic carbocycles. The molecule has 0 aliphatic rings. The number of anilines is 1. The van der Waals surface area contributed by atoms with E-state index in [4.69, 9.17) is 0 Å². The van der Waals surface area contributed by atoms with Gasteiger partial charge in [-0.1, -0.05) is 43.7 Å². The van der Waals surface area contributed by atoms with Crippen molar-refractivity contribution in [1.29, 1.82) is 0 Å². The molecule has 0 heterocycles. The summed E-state index contributed by atoms with van der Waals surface area (Å²) in [5.41, 5.74) is 4.38. The van der Waals surface area contributed by atoms with Crippen molar-refractivity contribution in [2.24, 2.45) is 0 Å². The van der Waals surface area contributed by atoms with Gasteiger partial charge in [-0.05, 0) is 49.1 Å². The van der Waals surface area contributed by atoms with Crippen LogP contribution in [0.5, 0.6) is 5.75 Å². The maximum atomic E-state index is 9.75. The Balaban J connectivity index is 2.27. The molecule has 2 N–H and O–H groups in total. The third-order valence-corrected chi connectivity index (χ3v) is 3.65. The van der Waals surface area contributed by atoms with Crippen molar-refractivity contribution in [1.82, 2.24) is 0 Å².